The first-order valence-corrected chi connectivity index (χ1v) is 6.26. The molecule has 0 aliphatic carbocycles. The summed E-state index contributed by atoms with van der Waals surface area (Å²) in [6, 6.07) is 7.82. The lowest BCUT2D eigenvalue weighted by atomic mass is 10.1. The highest BCUT2D eigenvalue weighted by atomic mass is 16.5. The maximum atomic E-state index is 11.4. The zero-order chi connectivity index (χ0) is 13.2. The molecule has 18 heavy (non-hydrogen) atoms. The Balaban J connectivity index is 2.18. The van der Waals surface area contributed by atoms with Crippen molar-refractivity contribution >= 4 is 5.91 Å². The van der Waals surface area contributed by atoms with E-state index in [1.807, 2.05) is 24.3 Å². The van der Waals surface area contributed by atoms with Gasteiger partial charge in [-0.05, 0) is 37.0 Å². The Kier molecular flexibility index (Phi) is 6.87. The molecule has 1 aromatic carbocycles. The lowest BCUT2D eigenvalue weighted by molar-refractivity contribution is -0.121. The summed E-state index contributed by atoms with van der Waals surface area (Å²) in [5, 5.41) is 11.5. The van der Waals surface area contributed by atoms with Gasteiger partial charge in [0.25, 0.3) is 0 Å². The molecule has 0 aromatic heterocycles. The van der Waals surface area contributed by atoms with E-state index < -0.39 is 0 Å². The summed E-state index contributed by atoms with van der Waals surface area (Å²) in [4.78, 5) is 11.4. The van der Waals surface area contributed by atoms with E-state index in [2.05, 4.69) is 5.32 Å². The summed E-state index contributed by atoms with van der Waals surface area (Å²) in [5.74, 6) is 0.892. The van der Waals surface area contributed by atoms with Gasteiger partial charge in [0.05, 0.1) is 7.11 Å². The first-order chi connectivity index (χ1) is 8.76. The number of unbranched alkanes of at least 4 members (excludes halogenated alkanes) is 1. The molecule has 4 heteroatoms. The molecule has 100 valence electrons. The number of hydrogen-bond acceptors (Lipinski definition) is 3. The van der Waals surface area contributed by atoms with E-state index in [0.29, 0.717) is 19.4 Å². The third-order valence-corrected chi connectivity index (χ3v) is 2.71. The maximum Gasteiger partial charge on any atom is 0.220 e. The van der Waals surface area contributed by atoms with Gasteiger partial charge in [-0.15, -0.1) is 0 Å². The monoisotopic (exact) mass is 251 g/mol. The molecule has 2 N–H and O–H groups in total. The summed E-state index contributed by atoms with van der Waals surface area (Å²) in [5.41, 5.74) is 1.17. The second-order valence-electron chi connectivity index (χ2n) is 4.13. The van der Waals surface area contributed by atoms with E-state index in [-0.39, 0.29) is 12.5 Å². The van der Waals surface area contributed by atoms with Gasteiger partial charge in [0.1, 0.15) is 5.75 Å². The molecule has 0 atom stereocenters. The fraction of sp³-hybridized carbons (Fsp3) is 0.500. The highest BCUT2D eigenvalue weighted by Crippen LogP contribution is 2.11. The predicted molar refractivity (Wildman–Crippen MR) is 70.6 cm³/mol. The minimum Gasteiger partial charge on any atom is -0.497 e. The summed E-state index contributed by atoms with van der Waals surface area (Å²) in [6.07, 6.45) is 2.73. The van der Waals surface area contributed by atoms with Crippen LogP contribution in [-0.4, -0.2) is 31.3 Å². The number of nitrogens with one attached hydrogen (secondary N) is 1. The van der Waals surface area contributed by atoms with Crippen LogP contribution in [-0.2, 0) is 11.2 Å². The molecule has 0 bridgehead atoms. The second kappa shape index (κ2) is 8.53. The number of aliphatic hydroxyl groups excluding tert-OH is 1. The fourth-order valence-electron chi connectivity index (χ4n) is 1.62. The lowest BCUT2D eigenvalue weighted by Crippen LogP contribution is -2.25. The molecule has 1 aromatic rings. The molecule has 4 nitrogen and oxygen atoms in total. The molecule has 0 unspecified atom stereocenters. The van der Waals surface area contributed by atoms with Crippen LogP contribution in [0.5, 0.6) is 5.75 Å². The highest BCUT2D eigenvalue weighted by molar-refractivity contribution is 5.75. The van der Waals surface area contributed by atoms with Crippen molar-refractivity contribution in [1.29, 1.82) is 0 Å². The van der Waals surface area contributed by atoms with Crippen molar-refractivity contribution in [3.05, 3.63) is 29.8 Å². The van der Waals surface area contributed by atoms with Gasteiger partial charge >= 0.3 is 0 Å². The van der Waals surface area contributed by atoms with Crippen molar-refractivity contribution < 1.29 is 14.6 Å². The topological polar surface area (TPSA) is 58.6 Å². The first-order valence-electron chi connectivity index (χ1n) is 6.26. The number of hydrogen-bond donors (Lipinski definition) is 2. The molecule has 0 fully saturated rings. The zero-order valence-corrected chi connectivity index (χ0v) is 10.8. The summed E-state index contributed by atoms with van der Waals surface area (Å²) in [7, 11) is 1.64. The van der Waals surface area contributed by atoms with Crippen molar-refractivity contribution in [2.75, 3.05) is 20.3 Å². The number of carbonyl (C=O) groups excluding carboxylic acids is 1. The van der Waals surface area contributed by atoms with E-state index in [0.717, 1.165) is 18.6 Å². The molecule has 1 rings (SSSR count). The van der Waals surface area contributed by atoms with E-state index in [1.165, 1.54) is 5.56 Å². The number of amides is 1. The van der Waals surface area contributed by atoms with E-state index >= 15 is 0 Å². The number of aliphatic hydroxyl groups is 1. The number of carbonyl (C=O) groups is 1. The Morgan fingerprint density at radius 3 is 2.61 bits per heavy atom. The van der Waals surface area contributed by atoms with E-state index in [1.54, 1.807) is 7.11 Å². The standard InChI is InChI=1S/C14H21NO3/c1-18-13-7-5-12(6-8-13)9-10-15-14(17)4-2-3-11-16/h5-8,16H,2-4,9-11H2,1H3,(H,15,17). The molecule has 0 radical (unpaired) electrons. The van der Waals surface area contributed by atoms with Crippen LogP contribution >= 0.6 is 0 Å². The molecule has 0 saturated heterocycles. The number of rotatable bonds is 8. The molecule has 0 aliphatic heterocycles. The van der Waals surface area contributed by atoms with Gasteiger partial charge < -0.3 is 15.2 Å². The molecular weight excluding hydrogens is 230 g/mol. The van der Waals surface area contributed by atoms with Gasteiger partial charge in [-0.3, -0.25) is 4.79 Å². The van der Waals surface area contributed by atoms with E-state index in [4.69, 9.17) is 9.84 Å². The van der Waals surface area contributed by atoms with Gasteiger partial charge in [0, 0.05) is 19.6 Å². The number of methoxy groups -OCH3 is 1. The predicted octanol–water partition coefficient (Wildman–Crippen LogP) is 1.52. The molecule has 0 heterocycles. The Bertz CT molecular complexity index is 349. The Morgan fingerprint density at radius 1 is 1.28 bits per heavy atom. The SMILES string of the molecule is COc1ccc(CCNC(=O)CCCCO)cc1. The first kappa shape index (κ1) is 14.5. The van der Waals surface area contributed by atoms with E-state index in [9.17, 15) is 4.79 Å². The molecular formula is C14H21NO3. The summed E-state index contributed by atoms with van der Waals surface area (Å²) in [6.45, 7) is 0.795. The van der Waals surface area contributed by atoms with Crippen LogP contribution in [0.25, 0.3) is 0 Å². The van der Waals surface area contributed by atoms with Crippen molar-refractivity contribution in [3.63, 3.8) is 0 Å². The van der Waals surface area contributed by atoms with Gasteiger partial charge in [-0.1, -0.05) is 12.1 Å². The number of ether oxygens (including phenoxy) is 1. The van der Waals surface area contributed by atoms with Crippen LogP contribution in [0.15, 0.2) is 24.3 Å². The summed E-state index contributed by atoms with van der Waals surface area (Å²) < 4.78 is 5.08. The third-order valence-electron chi connectivity index (χ3n) is 2.71. The van der Waals surface area contributed by atoms with Crippen LogP contribution < -0.4 is 10.1 Å². The largest absolute Gasteiger partial charge is 0.497 e. The van der Waals surface area contributed by atoms with Gasteiger partial charge in [0.15, 0.2) is 0 Å². The minimum absolute atomic E-state index is 0.0527. The van der Waals surface area contributed by atoms with Crippen molar-refractivity contribution in [2.45, 2.75) is 25.7 Å². The van der Waals surface area contributed by atoms with Gasteiger partial charge in [0.2, 0.25) is 5.91 Å². The third kappa shape index (κ3) is 5.68. The van der Waals surface area contributed by atoms with Crippen LogP contribution in [0.2, 0.25) is 0 Å². The minimum atomic E-state index is 0.0527. The molecule has 1 amide bonds. The van der Waals surface area contributed by atoms with Gasteiger partial charge in [-0.2, -0.15) is 0 Å². The highest BCUT2D eigenvalue weighted by Gasteiger charge is 2.00. The maximum absolute atomic E-state index is 11.4. The Morgan fingerprint density at radius 2 is 2.00 bits per heavy atom. The van der Waals surface area contributed by atoms with Crippen molar-refractivity contribution in [3.8, 4) is 5.75 Å². The van der Waals surface area contributed by atoms with Crippen LogP contribution in [0.4, 0.5) is 0 Å². The smallest absolute Gasteiger partial charge is 0.220 e. The molecule has 0 saturated carbocycles. The molecule has 0 aliphatic rings. The Labute approximate surface area is 108 Å². The average molecular weight is 251 g/mol. The van der Waals surface area contributed by atoms with Crippen LogP contribution in [0.3, 0.4) is 0 Å². The summed E-state index contributed by atoms with van der Waals surface area (Å²) >= 11 is 0. The lowest BCUT2D eigenvalue weighted by Gasteiger charge is -2.06. The van der Waals surface area contributed by atoms with Crippen molar-refractivity contribution in [2.24, 2.45) is 0 Å². The normalized spacial score (nSPS) is 10.1. The van der Waals surface area contributed by atoms with Crippen LogP contribution in [0, 0.1) is 0 Å². The average Bonchev–Trinajstić information content (AvgIpc) is 2.40. The second-order valence-corrected chi connectivity index (χ2v) is 4.13. The Hall–Kier alpha value is -1.55. The number of benzene rings is 1. The molecule has 0 spiro atoms. The van der Waals surface area contributed by atoms with Crippen molar-refractivity contribution in [1.82, 2.24) is 5.32 Å². The fourth-order valence-corrected chi connectivity index (χ4v) is 1.62. The zero-order valence-electron chi connectivity index (χ0n) is 10.8. The quantitative estimate of drug-likeness (QED) is 0.689. The van der Waals surface area contributed by atoms with Crippen LogP contribution in [0.1, 0.15) is 24.8 Å². The van der Waals surface area contributed by atoms with Gasteiger partial charge in [-0.25, -0.2) is 0 Å².